The van der Waals surface area contributed by atoms with Gasteiger partial charge >= 0.3 is 0 Å². The summed E-state index contributed by atoms with van der Waals surface area (Å²) in [5.74, 6) is 2.13. The molecule has 1 aromatic rings. The smallest absolute Gasteiger partial charge is 0.255 e. The highest BCUT2D eigenvalue weighted by atomic mass is 32.2. The van der Waals surface area contributed by atoms with Gasteiger partial charge in [-0.15, -0.1) is 0 Å². The number of guanidine groups is 1. The molecule has 0 spiro atoms. The summed E-state index contributed by atoms with van der Waals surface area (Å²) in [5.41, 5.74) is 6.09. The molecule has 0 saturated heterocycles. The number of aliphatic imine (C=N–C) groups is 1. The van der Waals surface area contributed by atoms with Crippen LogP contribution >= 0.6 is 11.8 Å². The van der Waals surface area contributed by atoms with E-state index in [-0.39, 0.29) is 6.61 Å². The lowest BCUT2D eigenvalue weighted by atomic mass is 10.2. The van der Waals surface area contributed by atoms with Gasteiger partial charge in [0.1, 0.15) is 5.75 Å². The lowest BCUT2D eigenvalue weighted by Gasteiger charge is -2.11. The van der Waals surface area contributed by atoms with Gasteiger partial charge in [-0.1, -0.05) is 12.1 Å². The van der Waals surface area contributed by atoms with Crippen LogP contribution in [0.15, 0.2) is 29.3 Å². The molecule has 0 atom stereocenters. The Labute approximate surface area is 148 Å². The Hall–Kier alpha value is -1.89. The van der Waals surface area contributed by atoms with Crippen molar-refractivity contribution in [3.8, 4) is 5.75 Å². The van der Waals surface area contributed by atoms with Gasteiger partial charge in [-0.3, -0.25) is 4.79 Å². The molecule has 0 bridgehead atoms. The summed E-state index contributed by atoms with van der Waals surface area (Å²) in [5, 5.41) is 6.58. The number of unbranched alkanes of at least 4 members (excludes halogenated alkanes) is 1. The van der Waals surface area contributed by atoms with Gasteiger partial charge in [0.05, 0.1) is 6.54 Å². The van der Waals surface area contributed by atoms with Gasteiger partial charge in [0.2, 0.25) is 0 Å². The minimum atomic E-state index is -0.487. The average Bonchev–Trinajstić information content (AvgIpc) is 2.58. The molecule has 0 saturated carbocycles. The maximum absolute atomic E-state index is 10.8. The number of benzene rings is 1. The third-order valence-corrected chi connectivity index (χ3v) is 3.81. The average molecular weight is 353 g/mol. The first-order valence-electron chi connectivity index (χ1n) is 8.17. The number of amides is 1. The van der Waals surface area contributed by atoms with Crippen LogP contribution in [-0.2, 0) is 11.3 Å². The monoisotopic (exact) mass is 352 g/mol. The largest absolute Gasteiger partial charge is 0.484 e. The van der Waals surface area contributed by atoms with Crippen molar-refractivity contribution < 1.29 is 9.53 Å². The molecule has 0 aliphatic rings. The second-order valence-electron chi connectivity index (χ2n) is 5.22. The summed E-state index contributed by atoms with van der Waals surface area (Å²) in [7, 11) is 0. The Bertz CT molecular complexity index is 523. The van der Waals surface area contributed by atoms with E-state index in [2.05, 4.69) is 21.9 Å². The predicted molar refractivity (Wildman–Crippen MR) is 102 cm³/mol. The molecule has 0 aromatic heterocycles. The summed E-state index contributed by atoms with van der Waals surface area (Å²) in [6.45, 7) is 4.19. The molecule has 1 amide bonds. The molecule has 0 aliphatic heterocycles. The SMILES string of the molecule is CCNC(=NCc1cccc(OCC(N)=O)c1)NCCCCSC. The van der Waals surface area contributed by atoms with E-state index < -0.39 is 5.91 Å². The van der Waals surface area contributed by atoms with Crippen LogP contribution in [0.25, 0.3) is 0 Å². The topological polar surface area (TPSA) is 88.7 Å². The van der Waals surface area contributed by atoms with Gasteiger partial charge in [0, 0.05) is 13.1 Å². The van der Waals surface area contributed by atoms with Crippen LogP contribution in [0.1, 0.15) is 25.3 Å². The van der Waals surface area contributed by atoms with Crippen LogP contribution < -0.4 is 21.1 Å². The van der Waals surface area contributed by atoms with E-state index in [1.54, 1.807) is 6.07 Å². The Kier molecular flexibility index (Phi) is 10.5. The first-order chi connectivity index (χ1) is 11.7. The maximum Gasteiger partial charge on any atom is 0.255 e. The number of primary amides is 1. The lowest BCUT2D eigenvalue weighted by Crippen LogP contribution is -2.37. The predicted octanol–water partition coefficient (Wildman–Crippen LogP) is 1.75. The molecule has 0 aliphatic carbocycles. The van der Waals surface area contributed by atoms with E-state index in [1.807, 2.05) is 36.9 Å². The van der Waals surface area contributed by atoms with E-state index in [9.17, 15) is 4.79 Å². The van der Waals surface area contributed by atoms with Crippen molar-refractivity contribution >= 4 is 23.6 Å². The second kappa shape index (κ2) is 12.5. The van der Waals surface area contributed by atoms with Crippen LogP contribution in [0.3, 0.4) is 0 Å². The van der Waals surface area contributed by atoms with Gasteiger partial charge in [0.25, 0.3) is 5.91 Å². The first-order valence-corrected chi connectivity index (χ1v) is 9.56. The number of hydrogen-bond acceptors (Lipinski definition) is 4. The molecule has 134 valence electrons. The highest BCUT2D eigenvalue weighted by Gasteiger charge is 2.01. The fourth-order valence-electron chi connectivity index (χ4n) is 1.98. The molecule has 6 nitrogen and oxygen atoms in total. The number of carbonyl (C=O) groups excluding carboxylic acids is 1. The fraction of sp³-hybridized carbons (Fsp3) is 0.529. The zero-order valence-electron chi connectivity index (χ0n) is 14.5. The first kappa shape index (κ1) is 20.2. The van der Waals surface area contributed by atoms with Crippen molar-refractivity contribution in [1.82, 2.24) is 10.6 Å². The van der Waals surface area contributed by atoms with Crippen molar-refractivity contribution in [2.75, 3.05) is 31.7 Å². The molecule has 1 rings (SSSR count). The third kappa shape index (κ3) is 9.29. The van der Waals surface area contributed by atoms with E-state index in [1.165, 1.54) is 12.2 Å². The summed E-state index contributed by atoms with van der Waals surface area (Å²) in [6, 6.07) is 7.52. The normalized spacial score (nSPS) is 11.2. The summed E-state index contributed by atoms with van der Waals surface area (Å²) >= 11 is 1.87. The van der Waals surface area contributed by atoms with Gasteiger partial charge in [-0.25, -0.2) is 4.99 Å². The highest BCUT2D eigenvalue weighted by Crippen LogP contribution is 2.13. The number of nitrogens with two attached hydrogens (primary N) is 1. The zero-order valence-corrected chi connectivity index (χ0v) is 15.3. The molecule has 1 aromatic carbocycles. The molecular formula is C17H28N4O2S. The molecule has 7 heteroatoms. The van der Waals surface area contributed by atoms with Gasteiger partial charge in [-0.05, 0) is 49.5 Å². The van der Waals surface area contributed by atoms with E-state index >= 15 is 0 Å². The van der Waals surface area contributed by atoms with E-state index in [0.717, 1.165) is 31.0 Å². The molecule has 0 heterocycles. The van der Waals surface area contributed by atoms with Gasteiger partial charge < -0.3 is 21.1 Å². The van der Waals surface area contributed by atoms with Crippen LogP contribution in [-0.4, -0.2) is 43.6 Å². The Morgan fingerprint density at radius 1 is 1.33 bits per heavy atom. The fourth-order valence-corrected chi connectivity index (χ4v) is 2.47. The minimum Gasteiger partial charge on any atom is -0.484 e. The molecule has 4 N–H and O–H groups in total. The van der Waals surface area contributed by atoms with E-state index in [0.29, 0.717) is 12.3 Å². The standard InChI is InChI=1S/C17H28N4O2S/c1-3-19-17(20-9-4-5-10-24-2)21-12-14-7-6-8-15(11-14)23-13-16(18)22/h6-8,11H,3-5,9-10,12-13H2,1-2H3,(H2,18,22)(H2,19,20,21). The number of hydrogen-bond donors (Lipinski definition) is 3. The summed E-state index contributed by atoms with van der Waals surface area (Å²) in [4.78, 5) is 15.3. The number of rotatable bonds is 11. The second-order valence-corrected chi connectivity index (χ2v) is 6.21. The van der Waals surface area contributed by atoms with Crippen LogP contribution in [0, 0.1) is 0 Å². The Morgan fingerprint density at radius 2 is 2.17 bits per heavy atom. The number of nitrogens with one attached hydrogen (secondary N) is 2. The molecule has 0 fully saturated rings. The summed E-state index contributed by atoms with van der Waals surface area (Å²) in [6.07, 6.45) is 4.45. The number of thioether (sulfide) groups is 1. The van der Waals surface area contributed by atoms with Crippen molar-refractivity contribution in [3.63, 3.8) is 0 Å². The van der Waals surface area contributed by atoms with Crippen LogP contribution in [0.4, 0.5) is 0 Å². The van der Waals surface area contributed by atoms with Gasteiger partial charge in [-0.2, -0.15) is 11.8 Å². The van der Waals surface area contributed by atoms with Crippen molar-refractivity contribution in [1.29, 1.82) is 0 Å². The lowest BCUT2D eigenvalue weighted by molar-refractivity contribution is -0.119. The number of carbonyl (C=O) groups is 1. The zero-order chi connectivity index (χ0) is 17.6. The number of ether oxygens (including phenoxy) is 1. The third-order valence-electron chi connectivity index (χ3n) is 3.11. The van der Waals surface area contributed by atoms with Crippen LogP contribution in [0.2, 0.25) is 0 Å². The minimum absolute atomic E-state index is 0.118. The van der Waals surface area contributed by atoms with Gasteiger partial charge in [0.15, 0.2) is 12.6 Å². The van der Waals surface area contributed by atoms with Crippen LogP contribution in [0.5, 0.6) is 5.75 Å². The van der Waals surface area contributed by atoms with Crippen molar-refractivity contribution in [3.05, 3.63) is 29.8 Å². The molecule has 0 radical (unpaired) electrons. The Balaban J connectivity index is 2.52. The maximum atomic E-state index is 10.8. The molecular weight excluding hydrogens is 324 g/mol. The van der Waals surface area contributed by atoms with Crippen molar-refractivity contribution in [2.24, 2.45) is 10.7 Å². The molecule has 0 unspecified atom stereocenters. The van der Waals surface area contributed by atoms with Crippen molar-refractivity contribution in [2.45, 2.75) is 26.3 Å². The highest BCUT2D eigenvalue weighted by molar-refractivity contribution is 7.98. The summed E-state index contributed by atoms with van der Waals surface area (Å²) < 4.78 is 5.31. The van der Waals surface area contributed by atoms with E-state index in [4.69, 9.17) is 10.5 Å². The quantitative estimate of drug-likeness (QED) is 0.321. The Morgan fingerprint density at radius 3 is 2.88 bits per heavy atom. The molecule has 24 heavy (non-hydrogen) atoms. The number of nitrogens with zero attached hydrogens (tertiary/aromatic N) is 1.